The Hall–Kier alpha value is -1.14. The fraction of sp³-hybridized carbons (Fsp3) is 0.643. The number of sulfonamides is 1. The van der Waals surface area contributed by atoms with Gasteiger partial charge in [0.2, 0.25) is 10.0 Å². The molecule has 0 aromatic carbocycles. The SMILES string of the molecule is CCC1(CC)CCN(S(=O)(=O)c2cnccc2N)CC1. The quantitative estimate of drug-likeness (QED) is 0.924. The summed E-state index contributed by atoms with van der Waals surface area (Å²) in [5, 5.41) is 0. The van der Waals surface area contributed by atoms with Gasteiger partial charge in [0.15, 0.2) is 0 Å². The third-order valence-electron chi connectivity index (χ3n) is 4.72. The summed E-state index contributed by atoms with van der Waals surface area (Å²) in [6, 6.07) is 1.53. The minimum absolute atomic E-state index is 0.125. The van der Waals surface area contributed by atoms with Gasteiger partial charge in [-0.15, -0.1) is 0 Å². The van der Waals surface area contributed by atoms with Gasteiger partial charge >= 0.3 is 0 Å². The molecule has 0 saturated carbocycles. The zero-order valence-corrected chi connectivity index (χ0v) is 13.0. The van der Waals surface area contributed by atoms with Gasteiger partial charge in [0, 0.05) is 25.5 Å². The second-order valence-electron chi connectivity index (χ2n) is 5.52. The van der Waals surface area contributed by atoms with Crippen LogP contribution < -0.4 is 5.73 Å². The second-order valence-corrected chi connectivity index (χ2v) is 7.43. The third-order valence-corrected chi connectivity index (χ3v) is 6.66. The first-order valence-electron chi connectivity index (χ1n) is 7.15. The molecule has 0 bridgehead atoms. The first kappa shape index (κ1) is 15.3. The standard InChI is InChI=1S/C14H23N3O2S/c1-3-14(4-2)6-9-17(10-7-14)20(18,19)13-11-16-8-5-12(13)15/h5,8,11H,3-4,6-7,9-10H2,1-2H3,(H2,15,16). The van der Waals surface area contributed by atoms with Gasteiger partial charge in [-0.3, -0.25) is 4.98 Å². The molecule has 2 rings (SSSR count). The Morgan fingerprint density at radius 3 is 2.40 bits per heavy atom. The van der Waals surface area contributed by atoms with Gasteiger partial charge in [-0.2, -0.15) is 4.31 Å². The molecule has 6 heteroatoms. The van der Waals surface area contributed by atoms with Crippen LogP contribution in [0.5, 0.6) is 0 Å². The van der Waals surface area contributed by atoms with Crippen molar-refractivity contribution in [2.45, 2.75) is 44.4 Å². The van der Waals surface area contributed by atoms with Crippen molar-refractivity contribution in [2.24, 2.45) is 5.41 Å². The molecular weight excluding hydrogens is 274 g/mol. The van der Waals surface area contributed by atoms with Crippen LogP contribution in [0.1, 0.15) is 39.5 Å². The van der Waals surface area contributed by atoms with Crippen molar-refractivity contribution in [3.8, 4) is 0 Å². The lowest BCUT2D eigenvalue weighted by Gasteiger charge is -2.40. The first-order chi connectivity index (χ1) is 9.45. The normalized spacial score (nSPS) is 19.9. The predicted molar refractivity (Wildman–Crippen MR) is 79.7 cm³/mol. The van der Waals surface area contributed by atoms with Gasteiger partial charge in [-0.1, -0.05) is 26.7 Å². The molecule has 20 heavy (non-hydrogen) atoms. The maximum absolute atomic E-state index is 12.6. The van der Waals surface area contributed by atoms with Crippen LogP contribution in [0.15, 0.2) is 23.4 Å². The lowest BCUT2D eigenvalue weighted by Crippen LogP contribution is -2.42. The minimum atomic E-state index is -3.51. The van der Waals surface area contributed by atoms with Crippen LogP contribution >= 0.6 is 0 Å². The molecule has 0 unspecified atom stereocenters. The number of hydrogen-bond donors (Lipinski definition) is 1. The Morgan fingerprint density at radius 1 is 1.30 bits per heavy atom. The van der Waals surface area contributed by atoms with E-state index in [0.29, 0.717) is 18.5 Å². The van der Waals surface area contributed by atoms with E-state index in [1.807, 2.05) is 0 Å². The zero-order valence-electron chi connectivity index (χ0n) is 12.2. The van der Waals surface area contributed by atoms with Gasteiger partial charge in [0.05, 0.1) is 5.69 Å². The highest BCUT2D eigenvalue weighted by Gasteiger charge is 2.36. The number of aromatic nitrogens is 1. The van der Waals surface area contributed by atoms with E-state index in [4.69, 9.17) is 5.73 Å². The van der Waals surface area contributed by atoms with E-state index >= 15 is 0 Å². The van der Waals surface area contributed by atoms with E-state index in [0.717, 1.165) is 25.7 Å². The molecule has 1 aromatic heterocycles. The Kier molecular flexibility index (Phi) is 4.34. The average molecular weight is 297 g/mol. The Bertz CT molecular complexity index is 558. The fourth-order valence-electron chi connectivity index (χ4n) is 2.90. The number of anilines is 1. The molecule has 1 aromatic rings. The maximum atomic E-state index is 12.6. The van der Waals surface area contributed by atoms with E-state index in [2.05, 4.69) is 18.8 Å². The van der Waals surface area contributed by atoms with E-state index in [1.165, 1.54) is 18.5 Å². The monoisotopic (exact) mass is 297 g/mol. The molecule has 1 aliphatic heterocycles. The van der Waals surface area contributed by atoms with Crippen LogP contribution in [0.2, 0.25) is 0 Å². The summed E-state index contributed by atoms with van der Waals surface area (Å²) in [7, 11) is -3.51. The summed E-state index contributed by atoms with van der Waals surface area (Å²) in [5.41, 5.74) is 6.34. The van der Waals surface area contributed by atoms with Crippen molar-refractivity contribution >= 4 is 15.7 Å². The van der Waals surface area contributed by atoms with Crippen LogP contribution in [0.25, 0.3) is 0 Å². The van der Waals surface area contributed by atoms with Crippen LogP contribution in [-0.2, 0) is 10.0 Å². The van der Waals surface area contributed by atoms with Crippen molar-refractivity contribution in [3.63, 3.8) is 0 Å². The topological polar surface area (TPSA) is 76.3 Å². The Morgan fingerprint density at radius 2 is 1.90 bits per heavy atom. The number of nitrogen functional groups attached to an aromatic ring is 1. The molecule has 5 nitrogen and oxygen atoms in total. The van der Waals surface area contributed by atoms with Gasteiger partial charge in [0.1, 0.15) is 4.90 Å². The smallest absolute Gasteiger partial charge is 0.246 e. The van der Waals surface area contributed by atoms with Crippen molar-refractivity contribution in [1.29, 1.82) is 0 Å². The summed E-state index contributed by atoms with van der Waals surface area (Å²) in [5.74, 6) is 0. The van der Waals surface area contributed by atoms with E-state index in [1.54, 1.807) is 4.31 Å². The lowest BCUT2D eigenvalue weighted by atomic mass is 9.75. The highest BCUT2D eigenvalue weighted by atomic mass is 32.2. The third kappa shape index (κ3) is 2.67. The number of rotatable bonds is 4. The number of piperidine rings is 1. The number of hydrogen-bond acceptors (Lipinski definition) is 4. The molecule has 2 heterocycles. The largest absolute Gasteiger partial charge is 0.398 e. The minimum Gasteiger partial charge on any atom is -0.398 e. The molecular formula is C14H23N3O2S. The summed E-state index contributed by atoms with van der Waals surface area (Å²) in [6.07, 6.45) is 6.88. The van der Waals surface area contributed by atoms with Gasteiger partial charge in [-0.05, 0) is 24.3 Å². The van der Waals surface area contributed by atoms with E-state index < -0.39 is 10.0 Å². The van der Waals surface area contributed by atoms with Crippen molar-refractivity contribution < 1.29 is 8.42 Å². The first-order valence-corrected chi connectivity index (χ1v) is 8.59. The van der Waals surface area contributed by atoms with E-state index in [-0.39, 0.29) is 10.6 Å². The Balaban J connectivity index is 2.20. The van der Waals surface area contributed by atoms with Crippen molar-refractivity contribution in [3.05, 3.63) is 18.5 Å². The van der Waals surface area contributed by atoms with Crippen LogP contribution in [0.3, 0.4) is 0 Å². The van der Waals surface area contributed by atoms with Crippen LogP contribution in [-0.4, -0.2) is 30.8 Å². The fourth-order valence-corrected chi connectivity index (χ4v) is 4.40. The van der Waals surface area contributed by atoms with E-state index in [9.17, 15) is 8.42 Å². The zero-order chi connectivity index (χ0) is 14.8. The van der Waals surface area contributed by atoms with Crippen molar-refractivity contribution in [2.75, 3.05) is 18.8 Å². The highest BCUT2D eigenvalue weighted by molar-refractivity contribution is 7.89. The Labute approximate surface area is 121 Å². The molecule has 0 amide bonds. The average Bonchev–Trinajstić information content (AvgIpc) is 2.47. The summed E-state index contributed by atoms with van der Waals surface area (Å²) in [6.45, 7) is 5.51. The molecule has 1 fully saturated rings. The lowest BCUT2D eigenvalue weighted by molar-refractivity contribution is 0.141. The number of pyridine rings is 1. The maximum Gasteiger partial charge on any atom is 0.246 e. The molecule has 1 saturated heterocycles. The summed E-state index contributed by atoms with van der Waals surface area (Å²) >= 11 is 0. The number of nitrogens with two attached hydrogens (primary N) is 1. The second kappa shape index (κ2) is 5.69. The van der Waals surface area contributed by atoms with Gasteiger partial charge in [0.25, 0.3) is 0 Å². The molecule has 2 N–H and O–H groups in total. The summed E-state index contributed by atoms with van der Waals surface area (Å²) < 4.78 is 26.7. The predicted octanol–water partition coefficient (Wildman–Crippen LogP) is 2.25. The highest BCUT2D eigenvalue weighted by Crippen LogP contribution is 2.39. The molecule has 0 radical (unpaired) electrons. The molecule has 0 atom stereocenters. The van der Waals surface area contributed by atoms with Crippen molar-refractivity contribution in [1.82, 2.24) is 9.29 Å². The van der Waals surface area contributed by atoms with Crippen LogP contribution in [0.4, 0.5) is 5.69 Å². The molecule has 1 aliphatic rings. The summed E-state index contributed by atoms with van der Waals surface area (Å²) in [4.78, 5) is 4.01. The molecule has 112 valence electrons. The van der Waals surface area contributed by atoms with Gasteiger partial charge in [-0.25, -0.2) is 8.42 Å². The van der Waals surface area contributed by atoms with Gasteiger partial charge < -0.3 is 5.73 Å². The van der Waals surface area contributed by atoms with Crippen LogP contribution in [0, 0.1) is 5.41 Å². The molecule has 0 spiro atoms. The number of nitrogens with zero attached hydrogens (tertiary/aromatic N) is 2. The molecule has 0 aliphatic carbocycles.